The van der Waals surface area contributed by atoms with Crippen molar-refractivity contribution in [2.24, 2.45) is 0 Å². The van der Waals surface area contributed by atoms with Gasteiger partial charge in [0.1, 0.15) is 5.82 Å². The maximum absolute atomic E-state index is 13.2. The SMILES string of the molecule is CC(C)c1ccc(S(=O)(=O)c2ccc(F)cc2)cc1S(=O)(=O)NC1CCCC1. The highest BCUT2D eigenvalue weighted by Crippen LogP contribution is 2.30. The van der Waals surface area contributed by atoms with Crippen LogP contribution < -0.4 is 4.72 Å². The summed E-state index contributed by atoms with van der Waals surface area (Å²) in [6.07, 6.45) is 3.51. The molecule has 0 amide bonds. The standard InChI is InChI=1S/C20H24FNO4S2/c1-14(2)19-12-11-18(27(23,24)17-9-7-15(21)8-10-17)13-20(19)28(25,26)22-16-5-3-4-6-16/h7-14,16,22H,3-6H2,1-2H3. The van der Waals surface area contributed by atoms with Crippen molar-refractivity contribution in [2.75, 3.05) is 0 Å². The lowest BCUT2D eigenvalue weighted by Gasteiger charge is -2.18. The zero-order valence-corrected chi connectivity index (χ0v) is 17.5. The van der Waals surface area contributed by atoms with Gasteiger partial charge >= 0.3 is 0 Å². The lowest BCUT2D eigenvalue weighted by atomic mass is 10.0. The zero-order chi connectivity index (χ0) is 20.5. The van der Waals surface area contributed by atoms with Crippen LogP contribution in [0, 0.1) is 5.82 Å². The van der Waals surface area contributed by atoms with Crippen LogP contribution in [0.4, 0.5) is 4.39 Å². The predicted octanol–water partition coefficient (Wildman–Crippen LogP) is 4.00. The molecule has 2 aromatic rings. The van der Waals surface area contributed by atoms with Gasteiger partial charge in [-0.05, 0) is 60.7 Å². The van der Waals surface area contributed by atoms with E-state index in [2.05, 4.69) is 4.72 Å². The predicted molar refractivity (Wildman–Crippen MR) is 105 cm³/mol. The van der Waals surface area contributed by atoms with Crippen LogP contribution in [0.1, 0.15) is 51.0 Å². The van der Waals surface area contributed by atoms with Gasteiger partial charge in [-0.25, -0.2) is 25.9 Å². The molecule has 2 aromatic carbocycles. The van der Waals surface area contributed by atoms with Gasteiger partial charge in [0.05, 0.1) is 14.7 Å². The van der Waals surface area contributed by atoms with Crippen LogP contribution in [0.5, 0.6) is 0 Å². The molecule has 1 aliphatic carbocycles. The Bertz CT molecular complexity index is 1060. The summed E-state index contributed by atoms with van der Waals surface area (Å²) >= 11 is 0. The van der Waals surface area contributed by atoms with Gasteiger partial charge in [-0.15, -0.1) is 0 Å². The van der Waals surface area contributed by atoms with Gasteiger partial charge < -0.3 is 0 Å². The second-order valence-electron chi connectivity index (χ2n) is 7.41. The number of sulfonamides is 1. The first kappa shape index (κ1) is 21.0. The minimum absolute atomic E-state index is 0.0161. The van der Waals surface area contributed by atoms with Gasteiger partial charge in [0.25, 0.3) is 0 Å². The van der Waals surface area contributed by atoms with Crippen LogP contribution in [0.2, 0.25) is 0 Å². The van der Waals surface area contributed by atoms with E-state index >= 15 is 0 Å². The molecule has 0 saturated heterocycles. The van der Waals surface area contributed by atoms with E-state index in [4.69, 9.17) is 0 Å². The third-order valence-electron chi connectivity index (χ3n) is 5.01. The molecular weight excluding hydrogens is 401 g/mol. The molecule has 28 heavy (non-hydrogen) atoms. The van der Waals surface area contributed by atoms with Crippen LogP contribution in [-0.4, -0.2) is 22.9 Å². The number of sulfone groups is 1. The molecule has 1 aliphatic rings. The second-order valence-corrected chi connectivity index (χ2v) is 11.0. The fourth-order valence-corrected chi connectivity index (χ4v) is 6.53. The van der Waals surface area contributed by atoms with E-state index in [1.807, 2.05) is 13.8 Å². The van der Waals surface area contributed by atoms with E-state index in [9.17, 15) is 21.2 Å². The third kappa shape index (κ3) is 4.29. The van der Waals surface area contributed by atoms with Gasteiger partial charge in [0, 0.05) is 6.04 Å². The molecule has 0 heterocycles. The monoisotopic (exact) mass is 425 g/mol. The maximum Gasteiger partial charge on any atom is 0.241 e. The summed E-state index contributed by atoms with van der Waals surface area (Å²) < 4.78 is 67.7. The zero-order valence-electron chi connectivity index (χ0n) is 15.9. The van der Waals surface area contributed by atoms with Crippen LogP contribution in [0.15, 0.2) is 57.2 Å². The van der Waals surface area contributed by atoms with Crippen molar-refractivity contribution in [1.29, 1.82) is 0 Å². The van der Waals surface area contributed by atoms with Crippen LogP contribution in [0.3, 0.4) is 0 Å². The Morgan fingerprint density at radius 2 is 1.50 bits per heavy atom. The van der Waals surface area contributed by atoms with Gasteiger partial charge in [-0.3, -0.25) is 0 Å². The van der Waals surface area contributed by atoms with Crippen LogP contribution in [-0.2, 0) is 19.9 Å². The molecule has 0 unspecified atom stereocenters. The Balaban J connectivity index is 2.08. The first-order valence-corrected chi connectivity index (χ1v) is 12.2. The van der Waals surface area contributed by atoms with Crippen molar-refractivity contribution in [2.45, 2.75) is 66.2 Å². The maximum atomic E-state index is 13.2. The molecule has 0 radical (unpaired) electrons. The van der Waals surface area contributed by atoms with Crippen molar-refractivity contribution < 1.29 is 21.2 Å². The fourth-order valence-electron chi connectivity index (χ4n) is 3.47. The van der Waals surface area contributed by atoms with Crippen LogP contribution >= 0.6 is 0 Å². The minimum Gasteiger partial charge on any atom is -0.219 e. The summed E-state index contributed by atoms with van der Waals surface area (Å²) in [5.74, 6) is -0.643. The number of nitrogens with one attached hydrogen (secondary N) is 1. The Morgan fingerprint density at radius 3 is 2.07 bits per heavy atom. The van der Waals surface area contributed by atoms with E-state index in [0.29, 0.717) is 5.56 Å². The number of hydrogen-bond acceptors (Lipinski definition) is 4. The first-order chi connectivity index (χ1) is 13.1. The summed E-state index contributed by atoms with van der Waals surface area (Å²) in [5, 5.41) is 0. The van der Waals surface area contributed by atoms with Crippen molar-refractivity contribution in [3.63, 3.8) is 0 Å². The summed E-state index contributed by atoms with van der Waals surface area (Å²) in [4.78, 5) is -0.230. The van der Waals surface area contributed by atoms with Crippen molar-refractivity contribution in [1.82, 2.24) is 4.72 Å². The molecule has 3 rings (SSSR count). The second kappa shape index (κ2) is 7.93. The molecule has 5 nitrogen and oxygen atoms in total. The molecule has 1 N–H and O–H groups in total. The number of benzene rings is 2. The number of hydrogen-bond donors (Lipinski definition) is 1. The summed E-state index contributed by atoms with van der Waals surface area (Å²) in [7, 11) is -7.83. The van der Waals surface area contributed by atoms with E-state index in [0.717, 1.165) is 37.8 Å². The largest absolute Gasteiger partial charge is 0.241 e. The molecule has 0 aromatic heterocycles. The van der Waals surface area contributed by atoms with Crippen molar-refractivity contribution >= 4 is 19.9 Å². The summed E-state index contributed by atoms with van der Waals surface area (Å²) in [5.41, 5.74) is 0.559. The first-order valence-electron chi connectivity index (χ1n) is 9.28. The molecular formula is C20H24FNO4S2. The average molecular weight is 426 g/mol. The molecule has 0 bridgehead atoms. The number of rotatable bonds is 6. The molecule has 0 spiro atoms. The fraction of sp³-hybridized carbons (Fsp3) is 0.400. The van der Waals surface area contributed by atoms with Crippen LogP contribution in [0.25, 0.3) is 0 Å². The quantitative estimate of drug-likeness (QED) is 0.710. The highest BCUT2D eigenvalue weighted by molar-refractivity contribution is 7.91. The topological polar surface area (TPSA) is 80.3 Å². The third-order valence-corrected chi connectivity index (χ3v) is 8.35. The molecule has 1 saturated carbocycles. The highest BCUT2D eigenvalue weighted by atomic mass is 32.2. The molecule has 0 atom stereocenters. The van der Waals surface area contributed by atoms with Crippen molar-refractivity contribution in [3.8, 4) is 0 Å². The van der Waals surface area contributed by atoms with Gasteiger partial charge in [0.15, 0.2) is 0 Å². The Labute approximate surface area is 166 Å². The smallest absolute Gasteiger partial charge is 0.219 e. The lowest BCUT2D eigenvalue weighted by molar-refractivity contribution is 0.550. The normalized spacial score (nSPS) is 16.0. The van der Waals surface area contributed by atoms with Gasteiger partial charge in [0.2, 0.25) is 19.9 Å². The molecule has 152 valence electrons. The van der Waals surface area contributed by atoms with Crippen molar-refractivity contribution in [3.05, 3.63) is 53.8 Å². The Kier molecular flexibility index (Phi) is 5.93. The molecule has 1 fully saturated rings. The Morgan fingerprint density at radius 1 is 0.929 bits per heavy atom. The molecule has 0 aliphatic heterocycles. The molecule has 8 heteroatoms. The van der Waals surface area contributed by atoms with Gasteiger partial charge in [-0.2, -0.15) is 0 Å². The Hall–Kier alpha value is -1.77. The van der Waals surface area contributed by atoms with E-state index in [1.54, 1.807) is 6.07 Å². The highest BCUT2D eigenvalue weighted by Gasteiger charge is 2.28. The van der Waals surface area contributed by atoms with E-state index < -0.39 is 25.7 Å². The average Bonchev–Trinajstić information content (AvgIpc) is 3.13. The van der Waals surface area contributed by atoms with Gasteiger partial charge in [-0.1, -0.05) is 32.8 Å². The summed E-state index contributed by atoms with van der Waals surface area (Å²) in [6, 6.07) is 8.52. The van der Waals surface area contributed by atoms with E-state index in [1.165, 1.54) is 24.3 Å². The lowest BCUT2D eigenvalue weighted by Crippen LogP contribution is -2.33. The minimum atomic E-state index is -3.97. The summed E-state index contributed by atoms with van der Waals surface area (Å²) in [6.45, 7) is 3.72. The van der Waals surface area contributed by atoms with E-state index in [-0.39, 0.29) is 26.6 Å². The number of halogens is 1.